The number of hydrogen-bond donors (Lipinski definition) is 0. The van der Waals surface area contributed by atoms with Crippen LogP contribution in [0.4, 0.5) is 0 Å². The highest BCUT2D eigenvalue weighted by Gasteiger charge is 2.35. The van der Waals surface area contributed by atoms with E-state index in [2.05, 4.69) is 18.9 Å². The van der Waals surface area contributed by atoms with E-state index in [9.17, 15) is 0 Å². The van der Waals surface area contributed by atoms with Crippen LogP contribution in [0.15, 0.2) is 0 Å². The van der Waals surface area contributed by atoms with E-state index in [1.165, 1.54) is 38.6 Å². The van der Waals surface area contributed by atoms with Crippen LogP contribution in [-0.2, 0) is 0 Å². The van der Waals surface area contributed by atoms with Gasteiger partial charge in [0.1, 0.15) is 0 Å². The van der Waals surface area contributed by atoms with E-state index in [0.717, 1.165) is 17.9 Å². The second-order valence-electron chi connectivity index (χ2n) is 4.78. The molecular weight excluding hydrogens is 146 g/mol. The van der Waals surface area contributed by atoms with Crippen LogP contribution in [0.5, 0.6) is 0 Å². The summed E-state index contributed by atoms with van der Waals surface area (Å²) in [5.74, 6) is 1.99. The molecule has 2 aliphatic rings. The smallest absolute Gasteiger partial charge is 0.0146 e. The molecule has 12 heavy (non-hydrogen) atoms. The molecule has 1 saturated carbocycles. The monoisotopic (exact) mass is 167 g/mol. The molecule has 0 bridgehead atoms. The molecule has 70 valence electrons. The standard InChI is InChI=1S/C11H21N/c1-9-5-3-6-10-7-4-8-12(2)11(9)10/h9-11H,3-8H2,1-2H3/t9?,10-,11?/m1/s1. The van der Waals surface area contributed by atoms with Crippen molar-refractivity contribution in [2.75, 3.05) is 13.6 Å². The number of piperidine rings is 1. The van der Waals surface area contributed by atoms with Crippen LogP contribution in [0.25, 0.3) is 0 Å². The minimum Gasteiger partial charge on any atom is -0.303 e. The topological polar surface area (TPSA) is 3.24 Å². The molecule has 1 nitrogen and oxygen atoms in total. The molecule has 0 aromatic rings. The van der Waals surface area contributed by atoms with Gasteiger partial charge in [-0.25, -0.2) is 0 Å². The summed E-state index contributed by atoms with van der Waals surface area (Å²) in [7, 11) is 2.32. The molecule has 0 radical (unpaired) electrons. The van der Waals surface area contributed by atoms with E-state index < -0.39 is 0 Å². The van der Waals surface area contributed by atoms with Crippen molar-refractivity contribution in [3.8, 4) is 0 Å². The molecule has 1 heterocycles. The third-order valence-corrected chi connectivity index (χ3v) is 3.90. The zero-order valence-corrected chi connectivity index (χ0v) is 8.42. The molecule has 0 N–H and O–H groups in total. The van der Waals surface area contributed by atoms with Crippen molar-refractivity contribution in [1.82, 2.24) is 4.90 Å². The van der Waals surface area contributed by atoms with Crippen molar-refractivity contribution < 1.29 is 0 Å². The lowest BCUT2D eigenvalue weighted by Gasteiger charge is -2.45. The molecule has 2 rings (SSSR count). The Bertz CT molecular complexity index is 139. The number of nitrogens with zero attached hydrogens (tertiary/aromatic N) is 1. The van der Waals surface area contributed by atoms with Crippen molar-refractivity contribution in [1.29, 1.82) is 0 Å². The Kier molecular flexibility index (Phi) is 2.40. The van der Waals surface area contributed by atoms with Gasteiger partial charge >= 0.3 is 0 Å². The van der Waals surface area contributed by atoms with Gasteiger partial charge in [-0.2, -0.15) is 0 Å². The first-order valence-corrected chi connectivity index (χ1v) is 5.49. The van der Waals surface area contributed by atoms with Gasteiger partial charge in [-0.3, -0.25) is 0 Å². The van der Waals surface area contributed by atoms with Gasteiger partial charge in [0.05, 0.1) is 0 Å². The van der Waals surface area contributed by atoms with Gasteiger partial charge in [0.25, 0.3) is 0 Å². The van der Waals surface area contributed by atoms with Crippen LogP contribution >= 0.6 is 0 Å². The fourth-order valence-electron chi connectivity index (χ4n) is 3.37. The predicted octanol–water partition coefficient (Wildman–Crippen LogP) is 2.52. The molecule has 0 spiro atoms. The molecule has 2 fully saturated rings. The van der Waals surface area contributed by atoms with Crippen LogP contribution in [0, 0.1) is 11.8 Å². The minimum absolute atomic E-state index is 0.924. The molecule has 2 unspecified atom stereocenters. The van der Waals surface area contributed by atoms with E-state index in [-0.39, 0.29) is 0 Å². The zero-order chi connectivity index (χ0) is 8.55. The van der Waals surface area contributed by atoms with Gasteiger partial charge in [-0.1, -0.05) is 13.3 Å². The minimum atomic E-state index is 0.924. The fraction of sp³-hybridized carbons (Fsp3) is 1.00. The van der Waals surface area contributed by atoms with Gasteiger partial charge in [0.2, 0.25) is 0 Å². The Labute approximate surface area is 76.1 Å². The summed E-state index contributed by atoms with van der Waals surface area (Å²) in [6.07, 6.45) is 7.38. The van der Waals surface area contributed by atoms with Gasteiger partial charge in [-0.15, -0.1) is 0 Å². The first-order chi connectivity index (χ1) is 5.79. The predicted molar refractivity (Wildman–Crippen MR) is 52.2 cm³/mol. The largest absolute Gasteiger partial charge is 0.303 e. The van der Waals surface area contributed by atoms with Crippen molar-refractivity contribution in [2.45, 2.75) is 45.1 Å². The summed E-state index contributed by atoms with van der Waals surface area (Å²) in [6.45, 7) is 3.78. The molecule has 1 aliphatic heterocycles. The second kappa shape index (κ2) is 3.37. The molecule has 1 aliphatic carbocycles. The van der Waals surface area contributed by atoms with Crippen molar-refractivity contribution in [3.63, 3.8) is 0 Å². The lowest BCUT2D eigenvalue weighted by Crippen LogP contribution is -2.48. The van der Waals surface area contributed by atoms with E-state index in [4.69, 9.17) is 0 Å². The summed E-state index contributed by atoms with van der Waals surface area (Å²) in [6, 6.07) is 0.924. The van der Waals surface area contributed by atoms with Crippen LogP contribution in [0.1, 0.15) is 39.0 Å². The quantitative estimate of drug-likeness (QED) is 0.536. The van der Waals surface area contributed by atoms with E-state index in [1.807, 2.05) is 0 Å². The Morgan fingerprint density at radius 2 is 1.83 bits per heavy atom. The highest BCUT2D eigenvalue weighted by molar-refractivity contribution is 4.89. The van der Waals surface area contributed by atoms with Gasteiger partial charge in [0, 0.05) is 6.04 Å². The van der Waals surface area contributed by atoms with Gasteiger partial charge in [-0.05, 0) is 51.1 Å². The summed E-state index contributed by atoms with van der Waals surface area (Å²) >= 11 is 0. The molecule has 1 saturated heterocycles. The van der Waals surface area contributed by atoms with Crippen molar-refractivity contribution >= 4 is 0 Å². The normalized spacial score (nSPS) is 44.0. The Morgan fingerprint density at radius 3 is 2.58 bits per heavy atom. The summed E-state index contributed by atoms with van der Waals surface area (Å²) in [4.78, 5) is 2.61. The highest BCUT2D eigenvalue weighted by Crippen LogP contribution is 2.37. The zero-order valence-electron chi connectivity index (χ0n) is 8.42. The molecule has 1 heteroatoms. The van der Waals surface area contributed by atoms with Gasteiger partial charge in [0.15, 0.2) is 0 Å². The molecular formula is C11H21N. The van der Waals surface area contributed by atoms with Crippen LogP contribution in [0.2, 0.25) is 0 Å². The number of likely N-dealkylation sites (tertiary alicyclic amines) is 1. The third-order valence-electron chi connectivity index (χ3n) is 3.90. The maximum Gasteiger partial charge on any atom is 0.0146 e. The van der Waals surface area contributed by atoms with Crippen molar-refractivity contribution in [3.05, 3.63) is 0 Å². The summed E-state index contributed by atoms with van der Waals surface area (Å²) in [5.41, 5.74) is 0. The lowest BCUT2D eigenvalue weighted by molar-refractivity contribution is 0.0448. The number of fused-ring (bicyclic) bond motifs is 1. The Hall–Kier alpha value is -0.0400. The second-order valence-corrected chi connectivity index (χ2v) is 4.78. The van der Waals surface area contributed by atoms with E-state index in [1.54, 1.807) is 0 Å². The average Bonchev–Trinajstić information content (AvgIpc) is 2.04. The van der Waals surface area contributed by atoms with E-state index in [0.29, 0.717) is 0 Å². The lowest BCUT2D eigenvalue weighted by atomic mass is 9.73. The van der Waals surface area contributed by atoms with E-state index >= 15 is 0 Å². The average molecular weight is 167 g/mol. The highest BCUT2D eigenvalue weighted by atomic mass is 15.1. The summed E-state index contributed by atoms with van der Waals surface area (Å²) < 4.78 is 0. The van der Waals surface area contributed by atoms with Crippen LogP contribution in [-0.4, -0.2) is 24.5 Å². The third kappa shape index (κ3) is 1.39. The maximum atomic E-state index is 2.61. The fourth-order valence-corrected chi connectivity index (χ4v) is 3.37. The molecule has 0 amide bonds. The number of hydrogen-bond acceptors (Lipinski definition) is 1. The molecule has 0 aromatic heterocycles. The first kappa shape index (κ1) is 8.55. The van der Waals surface area contributed by atoms with Crippen molar-refractivity contribution in [2.24, 2.45) is 11.8 Å². The Balaban J connectivity index is 2.07. The number of rotatable bonds is 0. The SMILES string of the molecule is CC1CCC[C@@H]2CCCN(C)C12. The van der Waals surface area contributed by atoms with Crippen LogP contribution < -0.4 is 0 Å². The summed E-state index contributed by atoms with van der Waals surface area (Å²) in [5, 5.41) is 0. The Morgan fingerprint density at radius 1 is 1.08 bits per heavy atom. The molecule has 3 atom stereocenters. The maximum absolute atomic E-state index is 2.61. The van der Waals surface area contributed by atoms with Gasteiger partial charge < -0.3 is 4.90 Å². The first-order valence-electron chi connectivity index (χ1n) is 5.49. The van der Waals surface area contributed by atoms with Crippen LogP contribution in [0.3, 0.4) is 0 Å². The molecule has 0 aromatic carbocycles.